The lowest BCUT2D eigenvalue weighted by Crippen LogP contribution is -1.79. The van der Waals surface area contributed by atoms with Gasteiger partial charge in [-0.05, 0) is 5.56 Å². The summed E-state index contributed by atoms with van der Waals surface area (Å²) in [7, 11) is 0. The number of rotatable bonds is 1. The summed E-state index contributed by atoms with van der Waals surface area (Å²) in [4.78, 5) is 0. The van der Waals surface area contributed by atoms with Gasteiger partial charge in [0.1, 0.15) is 0 Å². The Kier molecular flexibility index (Phi) is 0.803. The summed E-state index contributed by atoms with van der Waals surface area (Å²) in [6, 6.07) is 9.93. The van der Waals surface area contributed by atoms with Crippen LogP contribution in [0.25, 0.3) is 5.43 Å². The number of nitrogens with zero attached hydrogens (tertiary/aromatic N) is 2. The highest BCUT2D eigenvalue weighted by molar-refractivity contribution is 6.17. The van der Waals surface area contributed by atoms with Gasteiger partial charge in [0, 0.05) is 0 Å². The lowest BCUT2D eigenvalue weighted by Gasteiger charge is -1.92. The first kappa shape index (κ1) is 4.56. The quantitative estimate of drug-likeness (QED) is 0.535. The maximum Gasteiger partial charge on any atom is -0.0273 e. The Bertz CT molecular complexity index is 238. The normalized spacial score (nSPS) is 14.0. The second-order valence-electron chi connectivity index (χ2n) is 1.89. The van der Waals surface area contributed by atoms with E-state index in [-0.39, 0.29) is 0 Å². The molecule has 0 spiro atoms. The number of hydrogen-bond donors (Lipinski definition) is 0. The van der Waals surface area contributed by atoms with Crippen LogP contribution in [-0.2, 0) is 0 Å². The third-order valence-corrected chi connectivity index (χ3v) is 1.23. The van der Waals surface area contributed by atoms with Gasteiger partial charge in [0.25, 0.3) is 0 Å². The summed E-state index contributed by atoms with van der Waals surface area (Å²) in [6.07, 6.45) is 0. The summed E-state index contributed by atoms with van der Waals surface area (Å²) in [5.41, 5.74) is 4.82. The molecule has 0 aliphatic carbocycles. The molecule has 1 aromatic rings. The molecule has 0 bridgehead atoms. The van der Waals surface area contributed by atoms with E-state index in [1.54, 1.807) is 0 Å². The van der Waals surface area contributed by atoms with Crippen molar-refractivity contribution in [1.82, 2.24) is 0 Å². The Balaban J connectivity index is 2.40. The average Bonchev–Trinajstić information content (AvgIpc) is 2.71. The molecule has 0 N–H and O–H groups in total. The molecule has 0 unspecified atom stereocenters. The molecule has 0 fully saturated rings. The number of amidine groups is 1. The molecule has 0 aromatic heterocycles. The molecule has 2 rings (SSSR count). The third-order valence-electron chi connectivity index (χ3n) is 1.23. The van der Waals surface area contributed by atoms with Gasteiger partial charge in [0.2, 0.25) is 0 Å². The van der Waals surface area contributed by atoms with Crippen molar-refractivity contribution in [2.75, 3.05) is 0 Å². The predicted octanol–water partition coefficient (Wildman–Crippen LogP) is 1.74. The van der Waals surface area contributed by atoms with E-state index in [4.69, 9.17) is 0 Å². The van der Waals surface area contributed by atoms with Crippen LogP contribution in [0.1, 0.15) is 5.56 Å². The average molecular weight is 117 g/mol. The van der Waals surface area contributed by atoms with Crippen molar-refractivity contribution in [1.29, 1.82) is 0 Å². The van der Waals surface area contributed by atoms with E-state index >= 15 is 0 Å². The van der Waals surface area contributed by atoms with Crippen molar-refractivity contribution in [2.24, 2.45) is 5.10 Å². The number of hydrogen-bond acceptors (Lipinski definition) is 1. The second kappa shape index (κ2) is 1.58. The fourth-order valence-electron chi connectivity index (χ4n) is 0.728. The second-order valence-corrected chi connectivity index (χ2v) is 1.89. The molecule has 44 valence electrons. The molecule has 9 heavy (non-hydrogen) atoms. The molecule has 1 heterocycles. The van der Waals surface area contributed by atoms with E-state index in [0.29, 0.717) is 0 Å². The van der Waals surface area contributed by atoms with Gasteiger partial charge in [0.05, 0.1) is 0 Å². The Morgan fingerprint density at radius 3 is 2.33 bits per heavy atom. The summed E-state index contributed by atoms with van der Waals surface area (Å²) in [5.74, 6) is 0.871. The first-order valence-corrected chi connectivity index (χ1v) is 2.81. The molecular weight excluding hydrogens is 112 g/mol. The van der Waals surface area contributed by atoms with E-state index in [1.807, 2.05) is 30.3 Å². The van der Waals surface area contributed by atoms with Crippen molar-refractivity contribution in [3.05, 3.63) is 41.3 Å². The van der Waals surface area contributed by atoms with E-state index in [2.05, 4.69) is 10.5 Å². The molecule has 2 heteroatoms. The highest BCUT2D eigenvalue weighted by atomic mass is 15.5. The minimum Gasteiger partial charge on any atom is -0.465 e. The number of benzene rings is 1. The predicted molar refractivity (Wildman–Crippen MR) is 36.3 cm³/mol. The molecule has 2 nitrogen and oxygen atoms in total. The molecule has 0 amide bonds. The lowest BCUT2D eigenvalue weighted by molar-refractivity contribution is 1.68. The molecule has 1 aromatic carbocycles. The lowest BCUT2D eigenvalue weighted by atomic mass is 10.2. The van der Waals surface area contributed by atoms with Crippen LogP contribution in [0.3, 0.4) is 0 Å². The Labute approximate surface area is 53.2 Å². The van der Waals surface area contributed by atoms with Crippen LogP contribution < -0.4 is 0 Å². The SMILES string of the molecule is c1ccc(C2=N[N-]2)cc1. The summed E-state index contributed by atoms with van der Waals surface area (Å²) >= 11 is 0. The van der Waals surface area contributed by atoms with Crippen LogP contribution in [-0.4, -0.2) is 5.84 Å². The molecule has 1 aliphatic heterocycles. The molecule has 0 atom stereocenters. The molecule has 0 saturated heterocycles. The van der Waals surface area contributed by atoms with Gasteiger partial charge in [-0.15, -0.1) is 0 Å². The van der Waals surface area contributed by atoms with Crippen LogP contribution in [0.15, 0.2) is 35.4 Å². The first-order valence-electron chi connectivity index (χ1n) is 2.81. The smallest absolute Gasteiger partial charge is 0.0273 e. The Morgan fingerprint density at radius 2 is 1.78 bits per heavy atom. The first-order chi connectivity index (χ1) is 4.47. The van der Waals surface area contributed by atoms with Gasteiger partial charge in [-0.3, -0.25) is 0 Å². The summed E-state index contributed by atoms with van der Waals surface area (Å²) < 4.78 is 0. The zero-order valence-corrected chi connectivity index (χ0v) is 4.78. The highest BCUT2D eigenvalue weighted by Crippen LogP contribution is 2.17. The maximum atomic E-state index is 3.71. The Morgan fingerprint density at radius 1 is 1.11 bits per heavy atom. The maximum absolute atomic E-state index is 3.71. The van der Waals surface area contributed by atoms with Crippen molar-refractivity contribution in [2.45, 2.75) is 0 Å². The van der Waals surface area contributed by atoms with Gasteiger partial charge in [-0.2, -0.15) is 0 Å². The zero-order chi connectivity index (χ0) is 6.10. The largest absolute Gasteiger partial charge is 0.465 e. The van der Waals surface area contributed by atoms with Gasteiger partial charge < -0.3 is 10.5 Å². The van der Waals surface area contributed by atoms with Crippen molar-refractivity contribution >= 4 is 5.84 Å². The summed E-state index contributed by atoms with van der Waals surface area (Å²) in [6.45, 7) is 0. The van der Waals surface area contributed by atoms with Crippen LogP contribution in [0.5, 0.6) is 0 Å². The fourth-order valence-corrected chi connectivity index (χ4v) is 0.728. The molecular formula is C7H5N2-. The monoisotopic (exact) mass is 117 g/mol. The van der Waals surface area contributed by atoms with Crippen molar-refractivity contribution < 1.29 is 0 Å². The van der Waals surface area contributed by atoms with E-state index in [1.165, 1.54) is 0 Å². The van der Waals surface area contributed by atoms with E-state index < -0.39 is 0 Å². The highest BCUT2D eigenvalue weighted by Gasteiger charge is 1.94. The van der Waals surface area contributed by atoms with E-state index in [9.17, 15) is 0 Å². The summed E-state index contributed by atoms with van der Waals surface area (Å²) in [5, 5.41) is 3.71. The zero-order valence-electron chi connectivity index (χ0n) is 4.78. The molecule has 0 radical (unpaired) electrons. The molecule has 1 aliphatic rings. The minimum atomic E-state index is 0.871. The van der Waals surface area contributed by atoms with Crippen molar-refractivity contribution in [3.63, 3.8) is 0 Å². The molecule has 0 saturated carbocycles. The third kappa shape index (κ3) is 0.785. The van der Waals surface area contributed by atoms with Crippen LogP contribution in [0.2, 0.25) is 0 Å². The van der Waals surface area contributed by atoms with Crippen LogP contribution >= 0.6 is 0 Å². The Hall–Kier alpha value is -1.31. The van der Waals surface area contributed by atoms with Crippen LogP contribution in [0.4, 0.5) is 0 Å². The standard InChI is InChI=1S/C7H5N2/c1-2-4-6(5-3-1)7-8-9-7/h1-5H/q-1. The van der Waals surface area contributed by atoms with Gasteiger partial charge in [-0.1, -0.05) is 36.2 Å². The van der Waals surface area contributed by atoms with Gasteiger partial charge in [-0.25, -0.2) is 0 Å². The fraction of sp³-hybridized carbons (Fsp3) is 0. The van der Waals surface area contributed by atoms with Crippen LogP contribution in [0, 0.1) is 0 Å². The van der Waals surface area contributed by atoms with Gasteiger partial charge >= 0.3 is 0 Å². The van der Waals surface area contributed by atoms with Crippen molar-refractivity contribution in [3.8, 4) is 0 Å². The minimum absolute atomic E-state index is 0.871. The topological polar surface area (TPSA) is 26.5 Å². The van der Waals surface area contributed by atoms with E-state index in [0.717, 1.165) is 11.4 Å². The van der Waals surface area contributed by atoms with Gasteiger partial charge in [0.15, 0.2) is 0 Å².